The Hall–Kier alpha value is -4.37. The molecule has 8 nitrogen and oxygen atoms in total. The van der Waals surface area contributed by atoms with E-state index in [9.17, 15) is 14.7 Å². The van der Waals surface area contributed by atoms with Crippen LogP contribution in [0.5, 0.6) is 11.5 Å². The second-order valence-corrected chi connectivity index (χ2v) is 12.7. The van der Waals surface area contributed by atoms with Gasteiger partial charge in [-0.3, -0.25) is 4.90 Å². The van der Waals surface area contributed by atoms with Gasteiger partial charge in [0.25, 0.3) is 0 Å². The lowest BCUT2D eigenvalue weighted by Gasteiger charge is -2.45. The van der Waals surface area contributed by atoms with Crippen molar-refractivity contribution in [1.29, 1.82) is 0 Å². The third-order valence-corrected chi connectivity index (χ3v) is 8.58. The van der Waals surface area contributed by atoms with Crippen LogP contribution < -0.4 is 9.47 Å². The number of halogens is 1. The molecular weight excluding hydrogens is 642 g/mol. The van der Waals surface area contributed by atoms with Crippen LogP contribution in [-0.2, 0) is 25.6 Å². The van der Waals surface area contributed by atoms with E-state index in [0.717, 1.165) is 22.3 Å². The molecule has 0 heterocycles. The van der Waals surface area contributed by atoms with Crippen molar-refractivity contribution in [2.24, 2.45) is 0 Å². The molecule has 0 aliphatic carbocycles. The highest BCUT2D eigenvalue weighted by Gasteiger charge is 2.36. The summed E-state index contributed by atoms with van der Waals surface area (Å²) >= 11 is 6.43. The predicted molar refractivity (Wildman–Crippen MR) is 191 cm³/mol. The van der Waals surface area contributed by atoms with E-state index in [0.29, 0.717) is 42.7 Å². The van der Waals surface area contributed by atoms with Gasteiger partial charge in [-0.1, -0.05) is 78.3 Å². The first-order valence-electron chi connectivity index (χ1n) is 16.6. The molecule has 0 aliphatic heterocycles. The molecular formula is C40H46ClNO7. The Balaban J connectivity index is 1.69. The van der Waals surface area contributed by atoms with Crippen molar-refractivity contribution in [2.45, 2.75) is 58.2 Å². The van der Waals surface area contributed by atoms with Crippen LogP contribution in [0.1, 0.15) is 68.3 Å². The molecule has 0 aliphatic rings. The van der Waals surface area contributed by atoms with Crippen molar-refractivity contribution >= 4 is 23.5 Å². The van der Waals surface area contributed by atoms with E-state index in [2.05, 4.69) is 30.9 Å². The fourth-order valence-electron chi connectivity index (χ4n) is 5.95. The second-order valence-electron chi connectivity index (χ2n) is 12.3. The number of esters is 2. The van der Waals surface area contributed by atoms with Gasteiger partial charge in [0.15, 0.2) is 13.2 Å². The normalized spacial score (nSPS) is 12.1. The fourth-order valence-corrected chi connectivity index (χ4v) is 6.15. The lowest BCUT2D eigenvalue weighted by Crippen LogP contribution is -2.47. The number of aliphatic hydroxyl groups is 1. The summed E-state index contributed by atoms with van der Waals surface area (Å²) < 4.78 is 21.3. The van der Waals surface area contributed by atoms with Gasteiger partial charge in [0, 0.05) is 23.0 Å². The van der Waals surface area contributed by atoms with E-state index in [4.69, 9.17) is 30.5 Å². The number of ether oxygens (including phenoxy) is 4. The third kappa shape index (κ3) is 11.1. The van der Waals surface area contributed by atoms with Crippen molar-refractivity contribution in [3.05, 3.63) is 130 Å². The topological polar surface area (TPSA) is 94.5 Å². The summed E-state index contributed by atoms with van der Waals surface area (Å²) in [4.78, 5) is 26.1. The molecule has 0 radical (unpaired) electrons. The summed E-state index contributed by atoms with van der Waals surface area (Å²) in [5.41, 5.74) is 3.67. The lowest BCUT2D eigenvalue weighted by molar-refractivity contribution is -0.146. The van der Waals surface area contributed by atoms with Gasteiger partial charge in [0.1, 0.15) is 11.5 Å². The monoisotopic (exact) mass is 687 g/mol. The zero-order valence-corrected chi connectivity index (χ0v) is 29.4. The van der Waals surface area contributed by atoms with Crippen molar-refractivity contribution in [3.63, 3.8) is 0 Å². The Morgan fingerprint density at radius 1 is 0.735 bits per heavy atom. The minimum Gasteiger partial charge on any atom is -0.482 e. The van der Waals surface area contributed by atoms with Gasteiger partial charge in [-0.15, -0.1) is 0 Å². The highest BCUT2D eigenvalue weighted by Crippen LogP contribution is 2.40. The number of hydrogen-bond donors (Lipinski definition) is 1. The highest BCUT2D eigenvalue weighted by molar-refractivity contribution is 6.30. The van der Waals surface area contributed by atoms with Crippen LogP contribution in [0.3, 0.4) is 0 Å². The summed E-state index contributed by atoms with van der Waals surface area (Å²) in [7, 11) is 0. The first kappa shape index (κ1) is 37.4. The van der Waals surface area contributed by atoms with E-state index in [-0.39, 0.29) is 31.8 Å². The fraction of sp³-hybridized carbons (Fsp3) is 0.350. The molecule has 4 aromatic rings. The maximum atomic E-state index is 11.9. The highest BCUT2D eigenvalue weighted by atomic mass is 35.5. The molecule has 260 valence electrons. The number of nitrogens with zero attached hydrogens (tertiary/aromatic N) is 1. The van der Waals surface area contributed by atoms with E-state index in [1.807, 2.05) is 91.0 Å². The number of carbonyl (C=O) groups excluding carboxylic acids is 2. The van der Waals surface area contributed by atoms with Crippen LogP contribution in [0.15, 0.2) is 103 Å². The van der Waals surface area contributed by atoms with E-state index >= 15 is 0 Å². The van der Waals surface area contributed by atoms with Crippen LogP contribution in [-0.4, -0.2) is 60.5 Å². The molecule has 0 unspecified atom stereocenters. The van der Waals surface area contributed by atoms with E-state index in [1.54, 1.807) is 13.8 Å². The Morgan fingerprint density at radius 2 is 1.27 bits per heavy atom. The zero-order valence-electron chi connectivity index (χ0n) is 28.6. The average molecular weight is 688 g/mol. The van der Waals surface area contributed by atoms with Gasteiger partial charge >= 0.3 is 11.9 Å². The summed E-state index contributed by atoms with van der Waals surface area (Å²) in [6, 6.07) is 33.0. The molecule has 0 fully saturated rings. The van der Waals surface area contributed by atoms with Gasteiger partial charge in [0.2, 0.25) is 0 Å². The number of carbonyl (C=O) groups is 2. The quantitative estimate of drug-likeness (QED) is 0.106. The van der Waals surface area contributed by atoms with Crippen LogP contribution in [0.4, 0.5) is 0 Å². The van der Waals surface area contributed by atoms with Crippen molar-refractivity contribution in [3.8, 4) is 11.5 Å². The molecule has 1 atom stereocenters. The van der Waals surface area contributed by atoms with Gasteiger partial charge in [-0.25, -0.2) is 9.59 Å². The van der Waals surface area contributed by atoms with Crippen LogP contribution in [0.25, 0.3) is 0 Å². The Labute approximate surface area is 294 Å². The minimum atomic E-state index is -0.464. The Kier molecular flexibility index (Phi) is 14.1. The van der Waals surface area contributed by atoms with Gasteiger partial charge < -0.3 is 24.1 Å². The van der Waals surface area contributed by atoms with E-state index < -0.39 is 17.5 Å². The molecule has 9 heteroatoms. The first-order valence-corrected chi connectivity index (χ1v) is 16.9. The van der Waals surface area contributed by atoms with Gasteiger partial charge in [-0.2, -0.15) is 0 Å². The molecule has 4 aromatic carbocycles. The third-order valence-electron chi connectivity index (χ3n) is 8.35. The maximum Gasteiger partial charge on any atom is 0.344 e. The number of aliphatic hydroxyl groups excluding tert-OH is 1. The Bertz CT molecular complexity index is 1540. The Morgan fingerprint density at radius 3 is 1.73 bits per heavy atom. The summed E-state index contributed by atoms with van der Waals surface area (Å²) in [5, 5.41) is 11.5. The van der Waals surface area contributed by atoms with Gasteiger partial charge in [0.05, 0.1) is 25.9 Å². The molecule has 4 rings (SSSR count). The van der Waals surface area contributed by atoms with Crippen molar-refractivity contribution < 1.29 is 33.6 Å². The van der Waals surface area contributed by atoms with Crippen molar-refractivity contribution in [1.82, 2.24) is 4.90 Å². The largest absolute Gasteiger partial charge is 0.482 e. The standard InChI is InChI=1S/C40H46ClNO7/c1-5-46-38(44)27-48-34-19-15-30(16-20-34)36(31-17-21-35(22-18-31)49-28-39(45)47-6-2)24-40(3,4)42(25-29-11-8-7-9-12-29)37(26-43)32-13-10-14-33(41)23-32/h7-23,36-37,43H,5-6,24-28H2,1-4H3/t37-/m0/s1. The summed E-state index contributed by atoms with van der Waals surface area (Å²) in [6.45, 7) is 8.66. The molecule has 0 saturated heterocycles. The molecule has 0 amide bonds. The maximum absolute atomic E-state index is 11.9. The number of benzene rings is 4. The molecule has 0 spiro atoms. The van der Waals surface area contributed by atoms with Gasteiger partial charge in [-0.05, 0) is 92.8 Å². The molecule has 0 bridgehead atoms. The average Bonchev–Trinajstić information content (AvgIpc) is 3.10. The zero-order chi connectivity index (χ0) is 35.2. The SMILES string of the molecule is CCOC(=O)COc1ccc(C(CC(C)(C)N(Cc2ccccc2)[C@@H](CO)c2cccc(Cl)c2)c2ccc(OCC(=O)OCC)cc2)cc1. The lowest BCUT2D eigenvalue weighted by atomic mass is 9.79. The van der Waals surface area contributed by atoms with E-state index in [1.165, 1.54) is 0 Å². The molecule has 0 saturated carbocycles. The summed E-state index contributed by atoms with van der Waals surface area (Å²) in [5.74, 6) is 0.181. The van der Waals surface area contributed by atoms with Crippen molar-refractivity contribution in [2.75, 3.05) is 33.0 Å². The smallest absolute Gasteiger partial charge is 0.344 e. The van der Waals surface area contributed by atoms with Crippen LogP contribution in [0.2, 0.25) is 5.02 Å². The molecule has 0 aromatic heterocycles. The predicted octanol–water partition coefficient (Wildman–Crippen LogP) is 7.76. The first-order chi connectivity index (χ1) is 23.6. The molecule has 49 heavy (non-hydrogen) atoms. The number of hydrogen-bond acceptors (Lipinski definition) is 8. The molecule has 1 N–H and O–H groups in total. The number of rotatable bonds is 18. The minimum absolute atomic E-state index is 0.0924. The van der Waals surface area contributed by atoms with Crippen LogP contribution >= 0.6 is 11.6 Å². The summed E-state index contributed by atoms with van der Waals surface area (Å²) in [6.07, 6.45) is 0.670. The second kappa shape index (κ2) is 18.4. The van der Waals surface area contributed by atoms with Crippen LogP contribution in [0, 0.1) is 0 Å².